The molecule has 0 spiro atoms. The molecular formula is C16H24N4O3. The zero-order chi connectivity index (χ0) is 17.0. The van der Waals surface area contributed by atoms with Crippen LogP contribution in [0.4, 0.5) is 10.6 Å². The number of oxime groups is 1. The number of aryl methyl sites for hydroxylation is 1. The molecule has 23 heavy (non-hydrogen) atoms. The van der Waals surface area contributed by atoms with Gasteiger partial charge in [-0.3, -0.25) is 0 Å². The van der Waals surface area contributed by atoms with E-state index in [0.29, 0.717) is 26.2 Å². The van der Waals surface area contributed by atoms with Gasteiger partial charge in [0.25, 0.3) is 0 Å². The summed E-state index contributed by atoms with van der Waals surface area (Å²) >= 11 is 0. The van der Waals surface area contributed by atoms with Crippen LogP contribution in [-0.2, 0) is 4.74 Å². The number of aromatic nitrogens is 1. The predicted octanol–water partition coefficient (Wildman–Crippen LogP) is 2.26. The van der Waals surface area contributed by atoms with Crippen LogP contribution in [0.3, 0.4) is 0 Å². The second-order valence-electron chi connectivity index (χ2n) is 6.60. The predicted molar refractivity (Wildman–Crippen MR) is 88.4 cm³/mol. The van der Waals surface area contributed by atoms with E-state index in [9.17, 15) is 4.79 Å². The van der Waals surface area contributed by atoms with Gasteiger partial charge in [-0.05, 0) is 39.3 Å². The van der Waals surface area contributed by atoms with Crippen LogP contribution in [0.15, 0.2) is 17.4 Å². The van der Waals surface area contributed by atoms with Crippen molar-refractivity contribution in [2.45, 2.75) is 33.3 Å². The van der Waals surface area contributed by atoms with Crippen molar-refractivity contribution in [2.75, 3.05) is 31.1 Å². The molecule has 0 unspecified atom stereocenters. The maximum Gasteiger partial charge on any atom is 0.410 e. The molecule has 0 saturated carbocycles. The van der Waals surface area contributed by atoms with Crippen LogP contribution in [0.25, 0.3) is 0 Å². The van der Waals surface area contributed by atoms with Crippen molar-refractivity contribution in [2.24, 2.45) is 5.16 Å². The first-order valence-corrected chi connectivity index (χ1v) is 7.67. The van der Waals surface area contributed by atoms with E-state index >= 15 is 0 Å². The van der Waals surface area contributed by atoms with Gasteiger partial charge >= 0.3 is 6.09 Å². The summed E-state index contributed by atoms with van der Waals surface area (Å²) in [6.07, 6.45) is 2.78. The molecule has 1 aliphatic heterocycles. The fraction of sp³-hybridized carbons (Fsp3) is 0.562. The number of hydrogen-bond acceptors (Lipinski definition) is 6. The summed E-state index contributed by atoms with van der Waals surface area (Å²) in [5, 5.41) is 11.6. The van der Waals surface area contributed by atoms with Gasteiger partial charge in [-0.2, -0.15) is 0 Å². The van der Waals surface area contributed by atoms with Crippen molar-refractivity contribution in [3.63, 3.8) is 0 Å². The van der Waals surface area contributed by atoms with E-state index in [1.807, 2.05) is 33.8 Å². The molecule has 1 aromatic heterocycles. The number of nitrogens with zero attached hydrogens (tertiary/aromatic N) is 4. The average Bonchev–Trinajstić information content (AvgIpc) is 2.48. The fourth-order valence-corrected chi connectivity index (χ4v) is 2.37. The number of ether oxygens (including phenoxy) is 1. The highest BCUT2D eigenvalue weighted by Crippen LogP contribution is 2.18. The first-order valence-electron chi connectivity index (χ1n) is 7.67. The SMILES string of the molecule is Cc1cc(N2CCN(C(=O)OC(C)(C)C)CC2)ncc1/C=N/O. The van der Waals surface area contributed by atoms with Gasteiger partial charge in [0.05, 0.1) is 6.21 Å². The molecule has 0 aromatic carbocycles. The van der Waals surface area contributed by atoms with Gasteiger partial charge < -0.3 is 19.7 Å². The van der Waals surface area contributed by atoms with E-state index in [2.05, 4.69) is 15.0 Å². The minimum absolute atomic E-state index is 0.268. The van der Waals surface area contributed by atoms with Gasteiger partial charge in [-0.25, -0.2) is 9.78 Å². The molecule has 0 aliphatic carbocycles. The van der Waals surface area contributed by atoms with Gasteiger partial charge in [0.15, 0.2) is 0 Å². The van der Waals surface area contributed by atoms with Crippen LogP contribution in [-0.4, -0.2) is 59.2 Å². The van der Waals surface area contributed by atoms with Crippen LogP contribution < -0.4 is 4.90 Å². The van der Waals surface area contributed by atoms with Crippen molar-refractivity contribution < 1.29 is 14.7 Å². The van der Waals surface area contributed by atoms with E-state index in [1.165, 1.54) is 6.21 Å². The zero-order valence-corrected chi connectivity index (χ0v) is 14.1. The number of rotatable bonds is 2. The number of pyridine rings is 1. The van der Waals surface area contributed by atoms with Crippen molar-refractivity contribution in [3.05, 3.63) is 23.4 Å². The third-order valence-electron chi connectivity index (χ3n) is 3.59. The molecule has 2 rings (SSSR count). The minimum Gasteiger partial charge on any atom is -0.444 e. The molecule has 1 aliphatic rings. The molecule has 0 atom stereocenters. The summed E-state index contributed by atoms with van der Waals surface area (Å²) in [5.41, 5.74) is 1.29. The van der Waals surface area contributed by atoms with Crippen molar-refractivity contribution in [3.8, 4) is 0 Å². The summed E-state index contributed by atoms with van der Waals surface area (Å²) in [6.45, 7) is 10.2. The molecular weight excluding hydrogens is 296 g/mol. The summed E-state index contributed by atoms with van der Waals surface area (Å²) < 4.78 is 5.39. The Labute approximate surface area is 136 Å². The van der Waals surface area contributed by atoms with Crippen LogP contribution in [0.5, 0.6) is 0 Å². The van der Waals surface area contributed by atoms with Gasteiger partial charge in [-0.15, -0.1) is 0 Å². The second-order valence-corrected chi connectivity index (χ2v) is 6.60. The lowest BCUT2D eigenvalue weighted by Crippen LogP contribution is -2.50. The van der Waals surface area contributed by atoms with Gasteiger partial charge in [0, 0.05) is 37.9 Å². The fourth-order valence-electron chi connectivity index (χ4n) is 2.37. The molecule has 1 N–H and O–H groups in total. The normalized spacial score (nSPS) is 16.0. The highest BCUT2D eigenvalue weighted by atomic mass is 16.6. The smallest absolute Gasteiger partial charge is 0.410 e. The molecule has 1 fully saturated rings. The standard InChI is InChI=1S/C16H24N4O3/c1-12-9-14(17-10-13(12)11-18-22)19-5-7-20(8-6-19)15(21)23-16(2,3)4/h9-11,22H,5-8H2,1-4H3/b18-11+. The third kappa shape index (κ3) is 4.58. The number of piperazine rings is 1. The largest absolute Gasteiger partial charge is 0.444 e. The Bertz CT molecular complexity index is 587. The average molecular weight is 320 g/mol. The maximum atomic E-state index is 12.1. The van der Waals surface area contributed by atoms with Gasteiger partial charge in [-0.1, -0.05) is 5.16 Å². The molecule has 1 saturated heterocycles. The Morgan fingerprint density at radius 3 is 2.52 bits per heavy atom. The molecule has 7 heteroatoms. The number of carbonyl (C=O) groups is 1. The Morgan fingerprint density at radius 1 is 1.35 bits per heavy atom. The van der Waals surface area contributed by atoms with E-state index in [1.54, 1.807) is 11.1 Å². The zero-order valence-electron chi connectivity index (χ0n) is 14.1. The lowest BCUT2D eigenvalue weighted by molar-refractivity contribution is 0.0240. The van der Waals surface area contributed by atoms with Crippen LogP contribution in [0, 0.1) is 6.92 Å². The third-order valence-corrected chi connectivity index (χ3v) is 3.59. The number of hydrogen-bond donors (Lipinski definition) is 1. The van der Waals surface area contributed by atoms with Crippen molar-refractivity contribution in [1.29, 1.82) is 0 Å². The lowest BCUT2D eigenvalue weighted by atomic mass is 10.1. The van der Waals surface area contributed by atoms with E-state index < -0.39 is 5.60 Å². The topological polar surface area (TPSA) is 78.3 Å². The first kappa shape index (κ1) is 17.1. The van der Waals surface area contributed by atoms with E-state index in [-0.39, 0.29) is 6.09 Å². The summed E-state index contributed by atoms with van der Waals surface area (Å²) in [5.74, 6) is 0.862. The Balaban J connectivity index is 1.97. The van der Waals surface area contributed by atoms with Crippen molar-refractivity contribution >= 4 is 18.1 Å². The number of amides is 1. The maximum absolute atomic E-state index is 12.1. The molecule has 2 heterocycles. The molecule has 0 radical (unpaired) electrons. The quantitative estimate of drug-likeness (QED) is 0.514. The molecule has 1 amide bonds. The van der Waals surface area contributed by atoms with Crippen LogP contribution in [0.1, 0.15) is 31.9 Å². The van der Waals surface area contributed by atoms with Crippen LogP contribution >= 0.6 is 0 Å². The molecule has 126 valence electrons. The van der Waals surface area contributed by atoms with Gasteiger partial charge in [0.2, 0.25) is 0 Å². The van der Waals surface area contributed by atoms with Crippen molar-refractivity contribution in [1.82, 2.24) is 9.88 Å². The monoisotopic (exact) mass is 320 g/mol. The lowest BCUT2D eigenvalue weighted by Gasteiger charge is -2.36. The molecule has 7 nitrogen and oxygen atoms in total. The highest BCUT2D eigenvalue weighted by Gasteiger charge is 2.26. The summed E-state index contributed by atoms with van der Waals surface area (Å²) in [7, 11) is 0. The number of carbonyl (C=O) groups excluding carboxylic acids is 1. The second kappa shape index (κ2) is 6.85. The Morgan fingerprint density at radius 2 is 2.00 bits per heavy atom. The Kier molecular flexibility index (Phi) is 5.08. The Hall–Kier alpha value is -2.31. The molecule has 0 bridgehead atoms. The van der Waals surface area contributed by atoms with Gasteiger partial charge in [0.1, 0.15) is 11.4 Å². The number of anilines is 1. The molecule has 1 aromatic rings. The minimum atomic E-state index is -0.475. The van der Waals surface area contributed by atoms with Crippen LogP contribution in [0.2, 0.25) is 0 Å². The highest BCUT2D eigenvalue weighted by molar-refractivity contribution is 5.81. The summed E-state index contributed by atoms with van der Waals surface area (Å²) in [6, 6.07) is 1.96. The van der Waals surface area contributed by atoms with E-state index in [0.717, 1.165) is 16.9 Å². The van der Waals surface area contributed by atoms with E-state index in [4.69, 9.17) is 9.94 Å². The summed E-state index contributed by atoms with van der Waals surface area (Å²) in [4.78, 5) is 20.3. The first-order chi connectivity index (χ1) is 10.8.